The summed E-state index contributed by atoms with van der Waals surface area (Å²) in [7, 11) is -5.71. The van der Waals surface area contributed by atoms with Gasteiger partial charge in [0.05, 0.1) is 25.7 Å². The Morgan fingerprint density at radius 2 is 1.72 bits per heavy atom. The number of alkyl halides is 3. The SMILES string of the molecule is CC(=O)OCC(CCn1cnc2cnc(S(=O)(=O)C(F)(F)F)nc21)COC(C)=O. The fraction of sp³-hybridized carbons (Fsp3) is 0.533. The summed E-state index contributed by atoms with van der Waals surface area (Å²) in [5.41, 5.74) is -5.55. The smallest absolute Gasteiger partial charge is 0.465 e. The van der Waals surface area contributed by atoms with E-state index in [0.29, 0.717) is 0 Å². The molecule has 0 radical (unpaired) electrons. The molecule has 10 nitrogen and oxygen atoms in total. The molecule has 2 aromatic rings. The second-order valence-electron chi connectivity index (χ2n) is 6.01. The Morgan fingerprint density at radius 1 is 1.14 bits per heavy atom. The number of esters is 2. The first-order chi connectivity index (χ1) is 13.4. The molecule has 0 aliphatic rings. The molecule has 0 fully saturated rings. The van der Waals surface area contributed by atoms with E-state index in [-0.39, 0.29) is 37.3 Å². The molecule has 2 heterocycles. The number of aromatic nitrogens is 4. The number of halogens is 3. The number of hydrogen-bond acceptors (Lipinski definition) is 9. The van der Waals surface area contributed by atoms with E-state index in [0.717, 1.165) is 6.20 Å². The van der Waals surface area contributed by atoms with Gasteiger partial charge in [0.25, 0.3) is 5.16 Å². The minimum atomic E-state index is -5.71. The summed E-state index contributed by atoms with van der Waals surface area (Å²) in [5.74, 6) is -1.46. The number of ether oxygens (including phenoxy) is 2. The molecule has 0 bridgehead atoms. The number of aryl methyl sites for hydroxylation is 1. The molecule has 2 rings (SSSR count). The third-order valence-electron chi connectivity index (χ3n) is 3.70. The molecule has 0 saturated carbocycles. The normalized spacial score (nSPS) is 12.3. The van der Waals surface area contributed by atoms with Crippen LogP contribution in [-0.2, 0) is 35.4 Å². The van der Waals surface area contributed by atoms with E-state index in [1.165, 1.54) is 24.7 Å². The summed E-state index contributed by atoms with van der Waals surface area (Å²) in [6.45, 7) is 2.47. The van der Waals surface area contributed by atoms with Crippen molar-refractivity contribution >= 4 is 32.9 Å². The van der Waals surface area contributed by atoms with Crippen LogP contribution >= 0.6 is 0 Å². The van der Waals surface area contributed by atoms with Crippen molar-refractivity contribution in [1.82, 2.24) is 19.5 Å². The number of carbonyl (C=O) groups excluding carboxylic acids is 2. The number of nitrogens with zero attached hydrogens (tertiary/aromatic N) is 4. The lowest BCUT2D eigenvalue weighted by atomic mass is 10.1. The number of carbonyl (C=O) groups is 2. The Labute approximate surface area is 163 Å². The molecule has 2 aromatic heterocycles. The van der Waals surface area contributed by atoms with Gasteiger partial charge in [0.15, 0.2) is 5.65 Å². The summed E-state index contributed by atoms with van der Waals surface area (Å²) < 4.78 is 72.4. The van der Waals surface area contributed by atoms with Crippen molar-refractivity contribution in [1.29, 1.82) is 0 Å². The Balaban J connectivity index is 2.22. The monoisotopic (exact) mass is 438 g/mol. The molecule has 0 N–H and O–H groups in total. The average molecular weight is 438 g/mol. The van der Waals surface area contributed by atoms with Crippen LogP contribution in [0.3, 0.4) is 0 Å². The fourth-order valence-corrected chi connectivity index (χ4v) is 2.85. The quantitative estimate of drug-likeness (QED) is 0.441. The molecule has 0 spiro atoms. The molecular weight excluding hydrogens is 421 g/mol. The van der Waals surface area contributed by atoms with Gasteiger partial charge in [-0.05, 0) is 6.42 Å². The first-order valence-electron chi connectivity index (χ1n) is 8.17. The molecule has 0 saturated heterocycles. The highest BCUT2D eigenvalue weighted by Crippen LogP contribution is 2.28. The molecule has 0 atom stereocenters. The number of sulfone groups is 1. The van der Waals surface area contributed by atoms with Crippen molar-refractivity contribution in [2.75, 3.05) is 13.2 Å². The first kappa shape index (κ1) is 22.5. The lowest BCUT2D eigenvalue weighted by Gasteiger charge is -2.16. The predicted octanol–water partition coefficient (Wildman–Crippen LogP) is 1.25. The van der Waals surface area contributed by atoms with Crippen molar-refractivity contribution in [3.05, 3.63) is 12.5 Å². The minimum Gasteiger partial charge on any atom is -0.465 e. The van der Waals surface area contributed by atoms with Crippen molar-refractivity contribution in [3.8, 4) is 0 Å². The van der Waals surface area contributed by atoms with Gasteiger partial charge in [-0.3, -0.25) is 9.59 Å². The van der Waals surface area contributed by atoms with Crippen LogP contribution in [-0.4, -0.2) is 58.6 Å². The van der Waals surface area contributed by atoms with Gasteiger partial charge in [0, 0.05) is 26.3 Å². The zero-order chi connectivity index (χ0) is 21.8. The second kappa shape index (κ2) is 8.71. The van der Waals surface area contributed by atoms with E-state index in [9.17, 15) is 31.2 Å². The zero-order valence-corrected chi connectivity index (χ0v) is 16.2. The van der Waals surface area contributed by atoms with Crippen LogP contribution in [0.4, 0.5) is 13.2 Å². The Bertz CT molecular complexity index is 987. The number of rotatable bonds is 8. The lowest BCUT2D eigenvalue weighted by Crippen LogP contribution is -2.25. The molecule has 0 aliphatic heterocycles. The van der Waals surface area contributed by atoms with Crippen molar-refractivity contribution in [2.24, 2.45) is 5.92 Å². The van der Waals surface area contributed by atoms with Gasteiger partial charge in [-0.2, -0.15) is 18.2 Å². The Hall–Kier alpha value is -2.77. The molecule has 29 heavy (non-hydrogen) atoms. The van der Waals surface area contributed by atoms with Crippen LogP contribution in [0.1, 0.15) is 20.3 Å². The number of fused-ring (bicyclic) bond motifs is 1. The van der Waals surface area contributed by atoms with Gasteiger partial charge in [-0.25, -0.2) is 18.4 Å². The van der Waals surface area contributed by atoms with Crippen LogP contribution in [0.15, 0.2) is 17.7 Å². The van der Waals surface area contributed by atoms with Crippen LogP contribution in [0.2, 0.25) is 0 Å². The zero-order valence-electron chi connectivity index (χ0n) is 15.3. The van der Waals surface area contributed by atoms with Gasteiger partial charge >= 0.3 is 27.3 Å². The molecule has 0 amide bonds. The predicted molar refractivity (Wildman–Crippen MR) is 89.9 cm³/mol. The molecule has 0 aromatic carbocycles. The van der Waals surface area contributed by atoms with Gasteiger partial charge in [-0.1, -0.05) is 0 Å². The van der Waals surface area contributed by atoms with Crippen LogP contribution < -0.4 is 0 Å². The van der Waals surface area contributed by atoms with Crippen molar-refractivity contribution < 1.29 is 40.7 Å². The Morgan fingerprint density at radius 3 is 2.24 bits per heavy atom. The topological polar surface area (TPSA) is 130 Å². The molecule has 0 unspecified atom stereocenters. The molecule has 160 valence electrons. The van der Waals surface area contributed by atoms with Gasteiger partial charge in [0.2, 0.25) is 0 Å². The molecule has 14 heteroatoms. The highest BCUT2D eigenvalue weighted by molar-refractivity contribution is 7.92. The van der Waals surface area contributed by atoms with Gasteiger partial charge in [-0.15, -0.1) is 0 Å². The maximum absolute atomic E-state index is 12.7. The second-order valence-corrected chi connectivity index (χ2v) is 7.84. The van der Waals surface area contributed by atoms with Crippen LogP contribution in [0, 0.1) is 5.92 Å². The van der Waals surface area contributed by atoms with Gasteiger partial charge < -0.3 is 14.0 Å². The molecular formula is C15H17F3N4O6S. The van der Waals surface area contributed by atoms with E-state index in [1.54, 1.807) is 0 Å². The summed E-state index contributed by atoms with van der Waals surface area (Å²) in [6, 6.07) is 0. The third kappa shape index (κ3) is 5.62. The molecule has 0 aliphatic carbocycles. The van der Waals surface area contributed by atoms with E-state index in [4.69, 9.17) is 9.47 Å². The largest absolute Gasteiger partial charge is 0.505 e. The third-order valence-corrected chi connectivity index (χ3v) is 4.99. The van der Waals surface area contributed by atoms with Crippen LogP contribution in [0.25, 0.3) is 11.2 Å². The fourth-order valence-electron chi connectivity index (χ4n) is 2.24. The Kier molecular flexibility index (Phi) is 6.77. The maximum Gasteiger partial charge on any atom is 0.505 e. The summed E-state index contributed by atoms with van der Waals surface area (Å²) in [6.07, 6.45) is 2.42. The van der Waals surface area contributed by atoms with Gasteiger partial charge in [0.1, 0.15) is 5.52 Å². The lowest BCUT2D eigenvalue weighted by molar-refractivity contribution is -0.146. The summed E-state index contributed by atoms with van der Waals surface area (Å²) in [5, 5.41) is -1.38. The summed E-state index contributed by atoms with van der Waals surface area (Å²) in [4.78, 5) is 32.7. The standard InChI is InChI=1S/C15H17F3N4O6S/c1-9(23)27-6-11(7-28-10(2)24)3-4-22-8-20-12-5-19-14(21-13(12)22)29(25,26)15(16,17)18/h5,8,11H,3-4,6-7H2,1-2H3. The highest BCUT2D eigenvalue weighted by atomic mass is 32.2. The summed E-state index contributed by atoms with van der Waals surface area (Å²) >= 11 is 0. The van der Waals surface area contributed by atoms with E-state index in [1.807, 2.05) is 0 Å². The van der Waals surface area contributed by atoms with E-state index < -0.39 is 38.4 Å². The van der Waals surface area contributed by atoms with Crippen molar-refractivity contribution in [3.63, 3.8) is 0 Å². The minimum absolute atomic E-state index is 0.0437. The number of hydrogen-bond donors (Lipinski definition) is 0. The highest BCUT2D eigenvalue weighted by Gasteiger charge is 2.49. The maximum atomic E-state index is 12.7. The first-order valence-corrected chi connectivity index (χ1v) is 9.66. The van der Waals surface area contributed by atoms with E-state index in [2.05, 4.69) is 15.0 Å². The van der Waals surface area contributed by atoms with Crippen molar-refractivity contribution in [2.45, 2.75) is 37.5 Å². The van der Waals surface area contributed by atoms with Crippen LogP contribution in [0.5, 0.6) is 0 Å². The van der Waals surface area contributed by atoms with E-state index >= 15 is 0 Å². The number of imidazole rings is 1. The average Bonchev–Trinajstić information content (AvgIpc) is 3.02.